The molecule has 0 aliphatic rings. The van der Waals surface area contributed by atoms with Crippen LogP contribution in [0.3, 0.4) is 0 Å². The zero-order chi connectivity index (χ0) is 28.7. The van der Waals surface area contributed by atoms with Gasteiger partial charge in [-0.05, 0) is 8.30 Å². The molecule has 6 aromatic rings. The Morgan fingerprint density at radius 2 is 0.476 bits per heavy atom. The molecule has 0 heterocycles. The maximum atomic E-state index is 7.50. The fraction of sp³-hybridized carbons (Fsp3) is 0. The molecule has 6 aromatic carbocycles. The largest absolute Gasteiger partial charge is 0.390 e. The van der Waals surface area contributed by atoms with E-state index in [9.17, 15) is 0 Å². The standard InChI is InChI=1S/C36H30ClN2P2S/c37-42(38-40(31-19-7-1-8-20-31,32-21-9-2-10-22-32)33-23-11-3-12-24-33)39-41(34-25-13-4-14-26-34,35-27-15-5-16-28-35)36-29-17-6-18-30-36/h1-30H/q+1. The van der Waals surface area contributed by atoms with E-state index in [1.165, 1.54) is 0 Å². The number of hydrogen-bond acceptors (Lipinski definition) is 2. The quantitative estimate of drug-likeness (QED) is 0.122. The van der Waals surface area contributed by atoms with Gasteiger partial charge in [-0.15, -0.1) is 0 Å². The second-order valence-corrected chi connectivity index (χ2v) is 17.9. The number of hydrogen-bond donors (Lipinski definition) is 0. The monoisotopic (exact) mass is 619 g/mol. The smallest absolute Gasteiger partial charge is 0.0622 e. The summed E-state index contributed by atoms with van der Waals surface area (Å²) < 4.78 is 11.3. The van der Waals surface area contributed by atoms with Crippen molar-refractivity contribution in [2.24, 2.45) is 8.30 Å². The van der Waals surface area contributed by atoms with Crippen LogP contribution in [0.4, 0.5) is 0 Å². The fourth-order valence-electron chi connectivity index (χ4n) is 5.26. The van der Waals surface area contributed by atoms with Crippen LogP contribution in [0.2, 0.25) is 0 Å². The lowest BCUT2D eigenvalue weighted by Gasteiger charge is -2.25. The van der Waals surface area contributed by atoms with Gasteiger partial charge in [-0.2, -0.15) is 0 Å². The van der Waals surface area contributed by atoms with Crippen molar-refractivity contribution in [2.75, 3.05) is 0 Å². The normalized spacial score (nSPS) is 11.7. The maximum Gasteiger partial charge on any atom is 0.390 e. The summed E-state index contributed by atoms with van der Waals surface area (Å²) in [6, 6.07) is 63.5. The van der Waals surface area contributed by atoms with E-state index in [1.54, 1.807) is 0 Å². The second kappa shape index (κ2) is 13.2. The highest BCUT2D eigenvalue weighted by atomic mass is 35.7. The first-order chi connectivity index (χ1) is 20.7. The molecule has 0 saturated carbocycles. The minimum atomic E-state index is -2.54. The van der Waals surface area contributed by atoms with Gasteiger partial charge >= 0.3 is 10.5 Å². The summed E-state index contributed by atoms with van der Waals surface area (Å²) >= 11 is 0. The van der Waals surface area contributed by atoms with Crippen LogP contribution in [-0.4, -0.2) is 0 Å². The average Bonchev–Trinajstić information content (AvgIpc) is 3.08. The van der Waals surface area contributed by atoms with Crippen LogP contribution in [0.25, 0.3) is 0 Å². The first-order valence-corrected chi connectivity index (χ1v) is 19.2. The van der Waals surface area contributed by atoms with Crippen molar-refractivity contribution in [2.45, 2.75) is 0 Å². The Kier molecular flexibility index (Phi) is 8.94. The topological polar surface area (TPSA) is 24.7 Å². The molecule has 6 rings (SSSR count). The van der Waals surface area contributed by atoms with Crippen molar-refractivity contribution in [3.05, 3.63) is 182 Å². The van der Waals surface area contributed by atoms with Gasteiger partial charge < -0.3 is 0 Å². The summed E-state index contributed by atoms with van der Waals surface area (Å²) in [6.07, 6.45) is 0. The van der Waals surface area contributed by atoms with E-state index in [1.807, 2.05) is 0 Å². The lowest BCUT2D eigenvalue weighted by Crippen LogP contribution is -2.27. The van der Waals surface area contributed by atoms with Crippen molar-refractivity contribution in [3.63, 3.8) is 0 Å². The highest BCUT2D eigenvalue weighted by Gasteiger charge is 2.38. The molecule has 0 saturated heterocycles. The van der Waals surface area contributed by atoms with Crippen molar-refractivity contribution in [1.82, 2.24) is 0 Å². The van der Waals surface area contributed by atoms with Crippen LogP contribution in [0.5, 0.6) is 0 Å². The molecule has 2 nitrogen and oxygen atoms in total. The molecule has 0 aromatic heterocycles. The minimum Gasteiger partial charge on any atom is -0.0622 e. The molecule has 0 spiro atoms. The molecule has 0 N–H and O–H groups in total. The molecule has 0 fully saturated rings. The third kappa shape index (κ3) is 5.59. The highest BCUT2D eigenvalue weighted by Crippen LogP contribution is 2.53. The highest BCUT2D eigenvalue weighted by molar-refractivity contribution is 8.21. The molecule has 0 unspecified atom stereocenters. The Balaban J connectivity index is 1.72. The summed E-state index contributed by atoms with van der Waals surface area (Å²) in [4.78, 5) is 0. The van der Waals surface area contributed by atoms with Gasteiger partial charge in [0.15, 0.2) is 0 Å². The van der Waals surface area contributed by atoms with E-state index < -0.39 is 24.6 Å². The van der Waals surface area contributed by atoms with Gasteiger partial charge in [0.25, 0.3) is 0 Å². The van der Waals surface area contributed by atoms with Gasteiger partial charge in [0.1, 0.15) is 14.1 Å². The Morgan fingerprint density at radius 3 is 0.643 bits per heavy atom. The number of nitrogens with zero attached hydrogens (tertiary/aromatic N) is 2. The van der Waals surface area contributed by atoms with E-state index in [0.29, 0.717) is 0 Å². The molecular formula is C36H30ClN2P2S+. The molecule has 0 radical (unpaired) electrons. The van der Waals surface area contributed by atoms with E-state index in [-0.39, 0.29) is 0 Å². The zero-order valence-electron chi connectivity index (χ0n) is 22.9. The summed E-state index contributed by atoms with van der Waals surface area (Å²) in [5.74, 6) is 0. The summed E-state index contributed by atoms with van der Waals surface area (Å²) in [5.41, 5.74) is 0. The van der Waals surface area contributed by atoms with E-state index in [2.05, 4.69) is 182 Å². The lowest BCUT2D eigenvalue weighted by molar-refractivity contribution is 1.70. The molecule has 0 aliphatic heterocycles. The van der Waals surface area contributed by atoms with Gasteiger partial charge in [0, 0.05) is 31.8 Å². The molecule has 0 bridgehead atoms. The molecule has 42 heavy (non-hydrogen) atoms. The second-order valence-electron chi connectivity index (χ2n) is 9.67. The number of halogens is 1. The summed E-state index contributed by atoms with van der Waals surface area (Å²) in [5, 5.41) is 6.91. The van der Waals surface area contributed by atoms with Gasteiger partial charge in [-0.3, -0.25) is 0 Å². The number of benzene rings is 6. The number of rotatable bonds is 8. The molecule has 0 atom stereocenters. The van der Waals surface area contributed by atoms with Crippen LogP contribution in [0.15, 0.2) is 190 Å². The Hall–Kier alpha value is -3.58. The van der Waals surface area contributed by atoms with E-state index in [4.69, 9.17) is 19.0 Å². The van der Waals surface area contributed by atoms with Gasteiger partial charge in [0.2, 0.25) is 10.7 Å². The van der Waals surface area contributed by atoms with Crippen molar-refractivity contribution < 1.29 is 0 Å². The molecule has 206 valence electrons. The third-order valence-electron chi connectivity index (χ3n) is 7.16. The summed E-state index contributed by atoms with van der Waals surface area (Å²) in [7, 11) is 1.23. The first-order valence-electron chi connectivity index (χ1n) is 13.7. The van der Waals surface area contributed by atoms with E-state index in [0.717, 1.165) is 31.8 Å². The maximum absolute atomic E-state index is 7.50. The predicted molar refractivity (Wildman–Crippen MR) is 188 cm³/mol. The fourth-order valence-corrected chi connectivity index (χ4v) is 16.6. The first kappa shape index (κ1) is 28.5. The molecule has 0 aliphatic carbocycles. The van der Waals surface area contributed by atoms with E-state index >= 15 is 0 Å². The zero-order valence-corrected chi connectivity index (χ0v) is 26.3. The van der Waals surface area contributed by atoms with Crippen LogP contribution in [0, 0.1) is 0 Å². The third-order valence-corrected chi connectivity index (χ3v) is 17.6. The lowest BCUT2D eigenvalue weighted by atomic mass is 10.4. The Morgan fingerprint density at radius 1 is 0.310 bits per heavy atom. The van der Waals surface area contributed by atoms with Crippen LogP contribution < -0.4 is 31.8 Å². The Labute approximate surface area is 256 Å². The van der Waals surface area contributed by atoms with Gasteiger partial charge in [0.05, 0.1) is 0 Å². The van der Waals surface area contributed by atoms with Crippen molar-refractivity contribution in [3.8, 4) is 0 Å². The summed E-state index contributed by atoms with van der Waals surface area (Å²) in [6.45, 7) is 0. The van der Waals surface area contributed by atoms with Crippen molar-refractivity contribution in [1.29, 1.82) is 0 Å². The molecule has 0 amide bonds. The van der Waals surface area contributed by atoms with Crippen LogP contribution in [-0.2, 0) is 10.5 Å². The molecular weight excluding hydrogens is 590 g/mol. The van der Waals surface area contributed by atoms with Crippen LogP contribution >= 0.6 is 24.8 Å². The molecule has 6 heteroatoms. The minimum absolute atomic E-state index is 1.15. The van der Waals surface area contributed by atoms with Gasteiger partial charge in [-0.1, -0.05) is 182 Å². The Bertz CT molecular complexity index is 1490. The average molecular weight is 620 g/mol. The predicted octanol–water partition coefficient (Wildman–Crippen LogP) is 7.94. The van der Waals surface area contributed by atoms with Crippen molar-refractivity contribution >= 4 is 67.1 Å². The van der Waals surface area contributed by atoms with Gasteiger partial charge in [-0.25, -0.2) is 0 Å². The van der Waals surface area contributed by atoms with Crippen LogP contribution in [0.1, 0.15) is 0 Å². The SMILES string of the molecule is Cl[S+](N=P(c1ccccc1)(c1ccccc1)c1ccccc1)N=P(c1ccccc1)(c1ccccc1)c1ccccc1.